The number of carbonyl (C=O) groups is 2. The minimum absolute atomic E-state index is 0.188. The van der Waals surface area contributed by atoms with Gasteiger partial charge in [-0.3, -0.25) is 9.59 Å². The molecular weight excluding hydrogens is 328 g/mol. The number of piperazine rings is 1. The average molecular weight is 350 g/mol. The molecule has 0 bridgehead atoms. The number of nitrogens with zero attached hydrogens (tertiary/aromatic N) is 1. The van der Waals surface area contributed by atoms with Gasteiger partial charge in [0.05, 0.1) is 17.7 Å². The van der Waals surface area contributed by atoms with E-state index in [1.807, 2.05) is 44.2 Å². The van der Waals surface area contributed by atoms with Gasteiger partial charge in [0, 0.05) is 11.8 Å². The maximum Gasteiger partial charge on any atom is 0.268 e. The lowest BCUT2D eigenvalue weighted by molar-refractivity contribution is -0.131. The molecule has 6 nitrogen and oxygen atoms in total. The SMILES string of the molecule is C=CC(C)(C)c1[nH]cnc1/C=C1/NC(=O)C(Cc2ccccc2)NC1=O. The highest BCUT2D eigenvalue weighted by atomic mass is 16.2. The molecule has 134 valence electrons. The minimum atomic E-state index is -0.592. The molecular formula is C20H22N4O2. The first kappa shape index (κ1) is 17.7. The molecule has 2 heterocycles. The molecule has 6 heteroatoms. The van der Waals surface area contributed by atoms with E-state index in [1.54, 1.807) is 18.5 Å². The molecule has 1 aliphatic rings. The standard InChI is InChI=1S/C20H22N4O2/c1-4-20(2,3)17-14(21-12-22-17)11-16-19(26)23-15(18(25)24-16)10-13-8-6-5-7-9-13/h4-9,11-12,15H,1,10H2,2-3H3,(H,21,22)(H,23,26)(H,24,25)/b16-11+. The third-order valence-electron chi connectivity index (χ3n) is 4.51. The molecule has 26 heavy (non-hydrogen) atoms. The molecule has 2 amide bonds. The number of carbonyl (C=O) groups excluding carboxylic acids is 2. The van der Waals surface area contributed by atoms with Crippen molar-refractivity contribution in [2.75, 3.05) is 0 Å². The Hall–Kier alpha value is -3.15. The molecule has 1 atom stereocenters. The van der Waals surface area contributed by atoms with Crippen LogP contribution in [0, 0.1) is 0 Å². The Balaban J connectivity index is 1.79. The van der Waals surface area contributed by atoms with Crippen LogP contribution in [0.15, 0.2) is 55.0 Å². The molecule has 2 aromatic rings. The molecule has 0 saturated carbocycles. The van der Waals surface area contributed by atoms with Gasteiger partial charge in [-0.05, 0) is 11.6 Å². The highest BCUT2D eigenvalue weighted by Gasteiger charge is 2.30. The van der Waals surface area contributed by atoms with Gasteiger partial charge in [-0.2, -0.15) is 0 Å². The topological polar surface area (TPSA) is 86.9 Å². The summed E-state index contributed by atoms with van der Waals surface area (Å²) in [7, 11) is 0. The summed E-state index contributed by atoms with van der Waals surface area (Å²) in [6.45, 7) is 7.82. The average Bonchev–Trinajstić information content (AvgIpc) is 3.09. The lowest BCUT2D eigenvalue weighted by atomic mass is 9.88. The molecule has 1 aromatic carbocycles. The molecule has 1 saturated heterocycles. The van der Waals surface area contributed by atoms with E-state index in [9.17, 15) is 9.59 Å². The fourth-order valence-corrected chi connectivity index (χ4v) is 2.84. The van der Waals surface area contributed by atoms with Crippen molar-refractivity contribution in [3.05, 3.63) is 72.0 Å². The number of benzene rings is 1. The molecule has 1 aromatic heterocycles. The van der Waals surface area contributed by atoms with Crippen molar-refractivity contribution in [1.29, 1.82) is 0 Å². The Morgan fingerprint density at radius 2 is 1.96 bits per heavy atom. The third kappa shape index (κ3) is 3.59. The van der Waals surface area contributed by atoms with E-state index in [-0.39, 0.29) is 22.9 Å². The number of allylic oxidation sites excluding steroid dienone is 1. The Bertz CT molecular complexity index is 865. The zero-order valence-electron chi connectivity index (χ0n) is 14.9. The number of aromatic nitrogens is 2. The molecule has 1 unspecified atom stereocenters. The molecule has 0 spiro atoms. The van der Waals surface area contributed by atoms with Crippen LogP contribution in [0.3, 0.4) is 0 Å². The van der Waals surface area contributed by atoms with Crippen LogP contribution >= 0.6 is 0 Å². The Kier molecular flexibility index (Phi) is 4.75. The number of nitrogens with one attached hydrogen (secondary N) is 3. The molecule has 3 N–H and O–H groups in total. The first-order chi connectivity index (χ1) is 12.4. The van der Waals surface area contributed by atoms with Gasteiger partial charge < -0.3 is 15.6 Å². The highest BCUT2D eigenvalue weighted by molar-refractivity contribution is 6.07. The van der Waals surface area contributed by atoms with Crippen molar-refractivity contribution in [2.24, 2.45) is 0 Å². The van der Waals surface area contributed by atoms with E-state index >= 15 is 0 Å². The summed E-state index contributed by atoms with van der Waals surface area (Å²) in [6, 6.07) is 8.99. The number of imidazole rings is 1. The van der Waals surface area contributed by atoms with Crippen LogP contribution in [-0.4, -0.2) is 27.8 Å². The van der Waals surface area contributed by atoms with Crippen LogP contribution in [0.2, 0.25) is 0 Å². The van der Waals surface area contributed by atoms with Crippen LogP contribution in [0.1, 0.15) is 30.8 Å². The van der Waals surface area contributed by atoms with Crippen molar-refractivity contribution in [3.63, 3.8) is 0 Å². The highest BCUT2D eigenvalue weighted by Crippen LogP contribution is 2.26. The van der Waals surface area contributed by atoms with Crippen molar-refractivity contribution in [3.8, 4) is 0 Å². The Labute approximate surface area is 152 Å². The zero-order chi connectivity index (χ0) is 18.7. The lowest BCUT2D eigenvalue weighted by Crippen LogP contribution is -2.55. The molecule has 1 fully saturated rings. The van der Waals surface area contributed by atoms with Gasteiger partial charge in [-0.25, -0.2) is 4.98 Å². The van der Waals surface area contributed by atoms with Crippen LogP contribution in [0.4, 0.5) is 0 Å². The molecule has 1 aliphatic heterocycles. The predicted octanol–water partition coefficient (Wildman–Crippen LogP) is 2.07. The van der Waals surface area contributed by atoms with Crippen molar-refractivity contribution >= 4 is 17.9 Å². The Morgan fingerprint density at radius 1 is 1.23 bits per heavy atom. The summed E-state index contributed by atoms with van der Waals surface area (Å²) in [5, 5.41) is 5.47. The van der Waals surface area contributed by atoms with Crippen LogP contribution < -0.4 is 10.6 Å². The van der Waals surface area contributed by atoms with Crippen LogP contribution in [0.5, 0.6) is 0 Å². The molecule has 0 radical (unpaired) electrons. The summed E-state index contributed by atoms with van der Waals surface area (Å²) >= 11 is 0. The fourth-order valence-electron chi connectivity index (χ4n) is 2.84. The van der Waals surface area contributed by atoms with Gasteiger partial charge in [0.15, 0.2) is 0 Å². The van der Waals surface area contributed by atoms with Gasteiger partial charge in [0.1, 0.15) is 11.7 Å². The summed E-state index contributed by atoms with van der Waals surface area (Å²) in [5.74, 6) is -0.560. The van der Waals surface area contributed by atoms with Crippen molar-refractivity contribution in [2.45, 2.75) is 31.7 Å². The Morgan fingerprint density at radius 3 is 2.65 bits per heavy atom. The maximum absolute atomic E-state index is 12.4. The summed E-state index contributed by atoms with van der Waals surface area (Å²) in [4.78, 5) is 32.2. The quantitative estimate of drug-likeness (QED) is 0.570. The van der Waals surface area contributed by atoms with E-state index in [4.69, 9.17) is 0 Å². The second-order valence-corrected chi connectivity index (χ2v) is 6.85. The summed E-state index contributed by atoms with van der Waals surface area (Å²) < 4.78 is 0. The first-order valence-electron chi connectivity index (χ1n) is 8.45. The summed E-state index contributed by atoms with van der Waals surface area (Å²) in [5.41, 5.74) is 2.26. The largest absolute Gasteiger partial charge is 0.347 e. The van der Waals surface area contributed by atoms with Crippen molar-refractivity contribution in [1.82, 2.24) is 20.6 Å². The van der Waals surface area contributed by atoms with E-state index in [1.165, 1.54) is 0 Å². The first-order valence-corrected chi connectivity index (χ1v) is 8.45. The third-order valence-corrected chi connectivity index (χ3v) is 4.51. The van der Waals surface area contributed by atoms with Crippen molar-refractivity contribution < 1.29 is 9.59 Å². The number of hydrogen-bond acceptors (Lipinski definition) is 3. The number of amides is 2. The molecule has 0 aliphatic carbocycles. The van der Waals surface area contributed by atoms with E-state index in [0.29, 0.717) is 12.1 Å². The van der Waals surface area contributed by atoms with Crippen LogP contribution in [0.25, 0.3) is 6.08 Å². The van der Waals surface area contributed by atoms with Gasteiger partial charge >= 0.3 is 0 Å². The van der Waals surface area contributed by atoms with E-state index < -0.39 is 6.04 Å². The number of hydrogen-bond donors (Lipinski definition) is 3. The van der Waals surface area contributed by atoms with Gasteiger partial charge in [-0.1, -0.05) is 50.3 Å². The second-order valence-electron chi connectivity index (χ2n) is 6.85. The fraction of sp³-hybridized carbons (Fsp3) is 0.250. The lowest BCUT2D eigenvalue weighted by Gasteiger charge is -2.25. The zero-order valence-corrected chi connectivity index (χ0v) is 14.9. The number of rotatable bonds is 5. The predicted molar refractivity (Wildman–Crippen MR) is 100 cm³/mol. The smallest absolute Gasteiger partial charge is 0.268 e. The minimum Gasteiger partial charge on any atom is -0.347 e. The monoisotopic (exact) mass is 350 g/mol. The summed E-state index contributed by atoms with van der Waals surface area (Å²) in [6.07, 6.45) is 5.40. The molecule has 3 rings (SSSR count). The van der Waals surface area contributed by atoms with Gasteiger partial charge in [-0.15, -0.1) is 6.58 Å². The van der Waals surface area contributed by atoms with Gasteiger partial charge in [0.25, 0.3) is 5.91 Å². The normalized spacial score (nSPS) is 19.2. The van der Waals surface area contributed by atoms with Crippen LogP contribution in [-0.2, 0) is 21.4 Å². The van der Waals surface area contributed by atoms with E-state index in [0.717, 1.165) is 11.3 Å². The number of aromatic amines is 1. The van der Waals surface area contributed by atoms with Gasteiger partial charge in [0.2, 0.25) is 5.91 Å². The maximum atomic E-state index is 12.4. The second kappa shape index (κ2) is 7.00. The van der Waals surface area contributed by atoms with E-state index in [2.05, 4.69) is 27.2 Å². The number of H-pyrrole nitrogens is 1.